The molecule has 0 bridgehead atoms. The van der Waals surface area contributed by atoms with Crippen LogP contribution in [0.4, 0.5) is 9.18 Å². The molecule has 0 N–H and O–H groups in total. The highest BCUT2D eigenvalue weighted by Gasteiger charge is 2.48. The lowest BCUT2D eigenvalue weighted by Gasteiger charge is -2.38. The van der Waals surface area contributed by atoms with Gasteiger partial charge in [-0.05, 0) is 57.7 Å². The monoisotopic (exact) mass is 332 g/mol. The van der Waals surface area contributed by atoms with E-state index in [1.54, 1.807) is 17.0 Å². The first-order chi connectivity index (χ1) is 11.2. The third kappa shape index (κ3) is 4.05. The van der Waals surface area contributed by atoms with Crippen LogP contribution in [0.25, 0.3) is 0 Å². The molecule has 0 unspecified atom stereocenters. The number of amides is 1. The summed E-state index contributed by atoms with van der Waals surface area (Å²) in [6.45, 7) is 7.88. The second-order valence-corrected chi connectivity index (χ2v) is 7.50. The number of halogens is 1. The number of carbonyl (C=O) groups is 1. The van der Waals surface area contributed by atoms with E-state index in [0.29, 0.717) is 25.8 Å². The molecule has 0 aromatic heterocycles. The average Bonchev–Trinajstić information content (AvgIpc) is 2.87. The lowest BCUT2D eigenvalue weighted by atomic mass is 9.84. The number of ether oxygens (including phenoxy) is 1. The van der Waals surface area contributed by atoms with Gasteiger partial charge in [0.05, 0.1) is 17.5 Å². The van der Waals surface area contributed by atoms with Gasteiger partial charge in [-0.25, -0.2) is 9.18 Å². The summed E-state index contributed by atoms with van der Waals surface area (Å²) in [5, 5.41) is 9.35. The summed E-state index contributed by atoms with van der Waals surface area (Å²) >= 11 is 0. The Hall–Kier alpha value is -2.09. The Morgan fingerprint density at radius 2 is 2.04 bits per heavy atom. The maximum absolute atomic E-state index is 13.2. The molecule has 0 spiro atoms. The van der Waals surface area contributed by atoms with E-state index in [-0.39, 0.29) is 17.8 Å². The molecule has 5 heteroatoms. The topological polar surface area (TPSA) is 53.3 Å². The number of nitriles is 1. The van der Waals surface area contributed by atoms with Crippen LogP contribution in [0.1, 0.15) is 46.1 Å². The SMILES string of the molecule is CC[C@@]1(Cc2ccc(F)cc2)C[C@H](C#N)CN1C(=O)OC(C)(C)C. The van der Waals surface area contributed by atoms with Gasteiger partial charge in [-0.2, -0.15) is 5.26 Å². The first-order valence-corrected chi connectivity index (χ1v) is 8.34. The smallest absolute Gasteiger partial charge is 0.410 e. The Labute approximate surface area is 143 Å². The van der Waals surface area contributed by atoms with Crippen molar-refractivity contribution in [2.45, 2.75) is 58.1 Å². The molecule has 1 heterocycles. The number of likely N-dealkylation sites (tertiary alicyclic amines) is 1. The van der Waals surface area contributed by atoms with E-state index in [2.05, 4.69) is 6.07 Å². The van der Waals surface area contributed by atoms with Gasteiger partial charge in [-0.1, -0.05) is 19.1 Å². The summed E-state index contributed by atoms with van der Waals surface area (Å²) in [4.78, 5) is 14.4. The fourth-order valence-electron chi connectivity index (χ4n) is 3.33. The number of nitrogens with zero attached hydrogens (tertiary/aromatic N) is 2. The third-order valence-electron chi connectivity index (χ3n) is 4.50. The molecule has 1 aromatic rings. The average molecular weight is 332 g/mol. The largest absolute Gasteiger partial charge is 0.444 e. The molecular weight excluding hydrogens is 307 g/mol. The van der Waals surface area contributed by atoms with Crippen molar-refractivity contribution < 1.29 is 13.9 Å². The first kappa shape index (κ1) is 18.3. The van der Waals surface area contributed by atoms with Crippen LogP contribution in [0.2, 0.25) is 0 Å². The Morgan fingerprint density at radius 1 is 1.42 bits per heavy atom. The molecule has 0 radical (unpaired) electrons. The third-order valence-corrected chi connectivity index (χ3v) is 4.50. The van der Waals surface area contributed by atoms with E-state index in [0.717, 1.165) is 5.56 Å². The molecule has 4 nitrogen and oxygen atoms in total. The Morgan fingerprint density at radius 3 is 2.54 bits per heavy atom. The summed E-state index contributed by atoms with van der Waals surface area (Å²) in [5.41, 5.74) is -0.108. The van der Waals surface area contributed by atoms with Gasteiger partial charge in [0.15, 0.2) is 0 Å². The zero-order chi connectivity index (χ0) is 18.0. The lowest BCUT2D eigenvalue weighted by molar-refractivity contribution is 0.00687. The summed E-state index contributed by atoms with van der Waals surface area (Å²) in [7, 11) is 0. The number of hydrogen-bond acceptors (Lipinski definition) is 3. The molecule has 1 saturated heterocycles. The number of benzene rings is 1. The predicted molar refractivity (Wildman–Crippen MR) is 89.8 cm³/mol. The van der Waals surface area contributed by atoms with Crippen molar-refractivity contribution in [3.63, 3.8) is 0 Å². The second-order valence-electron chi connectivity index (χ2n) is 7.50. The lowest BCUT2D eigenvalue weighted by Crippen LogP contribution is -2.50. The maximum atomic E-state index is 13.2. The van der Waals surface area contributed by atoms with Gasteiger partial charge in [0, 0.05) is 6.54 Å². The molecule has 130 valence electrons. The van der Waals surface area contributed by atoms with Crippen molar-refractivity contribution in [1.29, 1.82) is 5.26 Å². The minimum absolute atomic E-state index is 0.210. The molecule has 2 rings (SSSR count). The van der Waals surface area contributed by atoms with Gasteiger partial charge in [-0.15, -0.1) is 0 Å². The summed E-state index contributed by atoms with van der Waals surface area (Å²) < 4.78 is 18.7. The summed E-state index contributed by atoms with van der Waals surface area (Å²) in [6, 6.07) is 8.61. The molecule has 1 aliphatic rings. The van der Waals surface area contributed by atoms with E-state index >= 15 is 0 Å². The van der Waals surface area contributed by atoms with Crippen molar-refractivity contribution in [3.8, 4) is 6.07 Å². The summed E-state index contributed by atoms with van der Waals surface area (Å²) in [5.74, 6) is -0.493. The van der Waals surface area contributed by atoms with Crippen LogP contribution < -0.4 is 0 Å². The first-order valence-electron chi connectivity index (χ1n) is 8.34. The molecule has 0 saturated carbocycles. The molecule has 1 fully saturated rings. The summed E-state index contributed by atoms with van der Waals surface area (Å²) in [6.07, 6.45) is 1.52. The number of carbonyl (C=O) groups excluding carboxylic acids is 1. The normalized spacial score (nSPS) is 23.8. The zero-order valence-electron chi connectivity index (χ0n) is 14.8. The number of hydrogen-bond donors (Lipinski definition) is 0. The van der Waals surface area contributed by atoms with Gasteiger partial charge in [0.25, 0.3) is 0 Å². The molecule has 1 aliphatic heterocycles. The van der Waals surface area contributed by atoms with E-state index in [1.165, 1.54) is 12.1 Å². The quantitative estimate of drug-likeness (QED) is 0.829. The van der Waals surface area contributed by atoms with Gasteiger partial charge < -0.3 is 9.64 Å². The Bertz CT molecular complexity index is 630. The Balaban J connectivity index is 2.30. The highest BCUT2D eigenvalue weighted by atomic mass is 19.1. The van der Waals surface area contributed by atoms with Crippen molar-refractivity contribution in [1.82, 2.24) is 4.90 Å². The van der Waals surface area contributed by atoms with Crippen LogP contribution in [0.5, 0.6) is 0 Å². The molecular formula is C19H25FN2O2. The minimum atomic E-state index is -0.586. The van der Waals surface area contributed by atoms with Crippen LogP contribution in [0, 0.1) is 23.1 Å². The number of rotatable bonds is 3. The van der Waals surface area contributed by atoms with E-state index in [9.17, 15) is 14.4 Å². The minimum Gasteiger partial charge on any atom is -0.444 e. The molecule has 1 amide bonds. The van der Waals surface area contributed by atoms with E-state index < -0.39 is 11.1 Å². The van der Waals surface area contributed by atoms with Crippen molar-refractivity contribution in [2.75, 3.05) is 6.54 Å². The molecule has 2 atom stereocenters. The van der Waals surface area contributed by atoms with Crippen LogP contribution in [-0.2, 0) is 11.2 Å². The van der Waals surface area contributed by atoms with Crippen molar-refractivity contribution in [3.05, 3.63) is 35.6 Å². The van der Waals surface area contributed by atoms with E-state index in [1.807, 2.05) is 27.7 Å². The second kappa shape index (κ2) is 6.80. The van der Waals surface area contributed by atoms with Crippen molar-refractivity contribution in [2.24, 2.45) is 5.92 Å². The fourth-order valence-corrected chi connectivity index (χ4v) is 3.33. The van der Waals surface area contributed by atoms with Gasteiger partial charge in [-0.3, -0.25) is 0 Å². The highest BCUT2D eigenvalue weighted by Crippen LogP contribution is 2.39. The Kier molecular flexibility index (Phi) is 5.17. The molecule has 1 aromatic carbocycles. The van der Waals surface area contributed by atoms with Crippen LogP contribution in [0.15, 0.2) is 24.3 Å². The van der Waals surface area contributed by atoms with Gasteiger partial charge in [0.2, 0.25) is 0 Å². The van der Waals surface area contributed by atoms with Crippen molar-refractivity contribution >= 4 is 6.09 Å². The van der Waals surface area contributed by atoms with Crippen LogP contribution in [0.3, 0.4) is 0 Å². The highest BCUT2D eigenvalue weighted by molar-refractivity contribution is 5.70. The predicted octanol–water partition coefficient (Wildman–Crippen LogP) is 4.30. The fraction of sp³-hybridized carbons (Fsp3) is 0.579. The van der Waals surface area contributed by atoms with Gasteiger partial charge in [0.1, 0.15) is 11.4 Å². The van der Waals surface area contributed by atoms with E-state index in [4.69, 9.17) is 4.74 Å². The van der Waals surface area contributed by atoms with Gasteiger partial charge >= 0.3 is 6.09 Å². The maximum Gasteiger partial charge on any atom is 0.410 e. The standard InChI is InChI=1S/C19H25FN2O2/c1-5-19(10-14-6-8-16(20)9-7-14)11-15(12-21)13-22(19)17(23)24-18(2,3)4/h6-9,15H,5,10-11,13H2,1-4H3/t15-,19-/m1/s1. The zero-order valence-corrected chi connectivity index (χ0v) is 14.8. The van der Waals surface area contributed by atoms with Crippen LogP contribution in [-0.4, -0.2) is 28.7 Å². The molecule has 24 heavy (non-hydrogen) atoms. The van der Waals surface area contributed by atoms with Crippen LogP contribution >= 0.6 is 0 Å². The molecule has 0 aliphatic carbocycles.